The molecule has 2 aromatic rings. The van der Waals surface area contributed by atoms with Crippen LogP contribution in [0, 0.1) is 16.7 Å². The quantitative estimate of drug-likeness (QED) is 0.720. The lowest BCUT2D eigenvalue weighted by Gasteiger charge is -2.49. The van der Waals surface area contributed by atoms with Crippen molar-refractivity contribution < 1.29 is 5.11 Å². The number of nitrogens with one attached hydrogen (secondary N) is 2. The molecular weight excluding hydrogens is 330 g/mol. The fraction of sp³-hybridized carbons (Fsp3) is 0.500. The molecule has 0 spiro atoms. The Morgan fingerprint density at radius 2 is 2.15 bits per heavy atom. The van der Waals surface area contributed by atoms with Gasteiger partial charge >= 0.3 is 0 Å². The molecule has 0 aliphatic heterocycles. The molecule has 26 heavy (non-hydrogen) atoms. The average Bonchev–Trinajstić information content (AvgIpc) is 2.66. The molecule has 0 aromatic carbocycles. The number of aliphatic hydroxyl groups is 1. The second kappa shape index (κ2) is 7.22. The second-order valence-electron chi connectivity index (χ2n) is 7.04. The number of rotatable bonds is 6. The summed E-state index contributed by atoms with van der Waals surface area (Å²) < 4.78 is 0. The maximum atomic E-state index is 9.90. The minimum absolute atomic E-state index is 0.0570. The van der Waals surface area contributed by atoms with Crippen LogP contribution < -0.4 is 10.6 Å². The van der Waals surface area contributed by atoms with Gasteiger partial charge in [-0.15, -0.1) is 0 Å². The molecule has 136 valence electrons. The molecule has 8 heteroatoms. The van der Waals surface area contributed by atoms with E-state index in [2.05, 4.69) is 36.6 Å². The molecule has 0 radical (unpaired) electrons. The summed E-state index contributed by atoms with van der Waals surface area (Å²) in [4.78, 5) is 17.0. The minimum Gasteiger partial charge on any atom is -0.392 e. The van der Waals surface area contributed by atoms with E-state index in [0.29, 0.717) is 30.3 Å². The van der Waals surface area contributed by atoms with Crippen LogP contribution >= 0.6 is 0 Å². The van der Waals surface area contributed by atoms with Crippen LogP contribution in [-0.4, -0.2) is 37.2 Å². The summed E-state index contributed by atoms with van der Waals surface area (Å²) in [6.45, 7) is 6.53. The molecule has 1 fully saturated rings. The van der Waals surface area contributed by atoms with Gasteiger partial charge in [0.15, 0.2) is 0 Å². The van der Waals surface area contributed by atoms with E-state index in [9.17, 15) is 10.4 Å². The van der Waals surface area contributed by atoms with Crippen molar-refractivity contribution in [1.82, 2.24) is 19.9 Å². The van der Waals surface area contributed by atoms with Gasteiger partial charge in [0.1, 0.15) is 23.8 Å². The van der Waals surface area contributed by atoms with Crippen molar-refractivity contribution in [3.8, 4) is 6.07 Å². The van der Waals surface area contributed by atoms with Gasteiger partial charge in [-0.1, -0.05) is 20.8 Å². The molecule has 0 unspecified atom stereocenters. The van der Waals surface area contributed by atoms with Crippen molar-refractivity contribution >= 4 is 11.8 Å². The number of aromatic nitrogens is 4. The molecule has 2 atom stereocenters. The Balaban J connectivity index is 1.74. The highest BCUT2D eigenvalue weighted by atomic mass is 16.3. The molecule has 0 bridgehead atoms. The van der Waals surface area contributed by atoms with Crippen molar-refractivity contribution in [3.05, 3.63) is 35.5 Å². The molecular formula is C18H23N7O. The van der Waals surface area contributed by atoms with E-state index in [1.165, 1.54) is 12.5 Å². The van der Waals surface area contributed by atoms with Gasteiger partial charge in [-0.05, 0) is 12.8 Å². The Kier molecular flexibility index (Phi) is 5.00. The lowest BCUT2D eigenvalue weighted by atomic mass is 9.64. The summed E-state index contributed by atoms with van der Waals surface area (Å²) in [5, 5.41) is 25.7. The van der Waals surface area contributed by atoms with Gasteiger partial charge in [0.25, 0.3) is 0 Å². The number of aryl methyl sites for hydroxylation is 1. The fourth-order valence-corrected chi connectivity index (χ4v) is 3.00. The third-order valence-corrected chi connectivity index (χ3v) is 5.09. The SMILES string of the molecule is CCc1ncncc1CNc1ncc(C#N)c(N[C@H]2C[C@H](O)C2(C)C)n1. The minimum atomic E-state index is -0.351. The number of nitrogens with zero attached hydrogens (tertiary/aromatic N) is 5. The zero-order chi connectivity index (χ0) is 18.7. The van der Waals surface area contributed by atoms with Gasteiger partial charge in [0.05, 0.1) is 12.3 Å². The van der Waals surface area contributed by atoms with Crippen molar-refractivity contribution in [3.63, 3.8) is 0 Å². The molecule has 3 rings (SSSR count). The van der Waals surface area contributed by atoms with Crippen LogP contribution in [-0.2, 0) is 13.0 Å². The van der Waals surface area contributed by atoms with Crippen LogP contribution in [0.15, 0.2) is 18.7 Å². The summed E-state index contributed by atoms with van der Waals surface area (Å²) >= 11 is 0. The van der Waals surface area contributed by atoms with Gasteiger partial charge < -0.3 is 15.7 Å². The van der Waals surface area contributed by atoms with Gasteiger partial charge in [0, 0.05) is 35.5 Å². The Morgan fingerprint density at radius 1 is 1.35 bits per heavy atom. The Bertz CT molecular complexity index is 831. The van der Waals surface area contributed by atoms with E-state index < -0.39 is 0 Å². The van der Waals surface area contributed by atoms with E-state index in [1.807, 2.05) is 20.8 Å². The van der Waals surface area contributed by atoms with Gasteiger partial charge in [-0.2, -0.15) is 10.2 Å². The monoisotopic (exact) mass is 353 g/mol. The number of aliphatic hydroxyl groups excluding tert-OH is 1. The van der Waals surface area contributed by atoms with Crippen molar-refractivity contribution in [2.75, 3.05) is 10.6 Å². The third kappa shape index (κ3) is 3.44. The summed E-state index contributed by atoms with van der Waals surface area (Å²) in [6.07, 6.45) is 5.92. The fourth-order valence-electron chi connectivity index (χ4n) is 3.00. The zero-order valence-electron chi connectivity index (χ0n) is 15.2. The molecule has 1 aliphatic rings. The highest BCUT2D eigenvalue weighted by Crippen LogP contribution is 2.42. The van der Waals surface area contributed by atoms with Gasteiger partial charge in [0.2, 0.25) is 5.95 Å². The van der Waals surface area contributed by atoms with Crippen LogP contribution in [0.25, 0.3) is 0 Å². The molecule has 2 heterocycles. The van der Waals surface area contributed by atoms with Gasteiger partial charge in [-0.25, -0.2) is 15.0 Å². The van der Waals surface area contributed by atoms with Gasteiger partial charge in [-0.3, -0.25) is 0 Å². The smallest absolute Gasteiger partial charge is 0.224 e. The Morgan fingerprint density at radius 3 is 2.81 bits per heavy atom. The maximum absolute atomic E-state index is 9.90. The normalized spacial score (nSPS) is 20.7. The molecule has 1 aliphatic carbocycles. The Hall–Kier alpha value is -2.79. The number of hydrogen-bond donors (Lipinski definition) is 3. The molecule has 8 nitrogen and oxygen atoms in total. The summed E-state index contributed by atoms with van der Waals surface area (Å²) in [7, 11) is 0. The molecule has 2 aromatic heterocycles. The lowest BCUT2D eigenvalue weighted by molar-refractivity contribution is -0.0511. The summed E-state index contributed by atoms with van der Waals surface area (Å²) in [6, 6.07) is 2.17. The van der Waals surface area contributed by atoms with Crippen LogP contribution in [0.2, 0.25) is 0 Å². The zero-order valence-corrected chi connectivity index (χ0v) is 15.2. The topological polar surface area (TPSA) is 120 Å². The first-order valence-corrected chi connectivity index (χ1v) is 8.69. The highest BCUT2D eigenvalue weighted by Gasteiger charge is 2.47. The van der Waals surface area contributed by atoms with Crippen molar-refractivity contribution in [1.29, 1.82) is 5.26 Å². The van der Waals surface area contributed by atoms with E-state index in [4.69, 9.17) is 0 Å². The molecule has 3 N–H and O–H groups in total. The van der Waals surface area contributed by atoms with Crippen molar-refractivity contribution in [2.45, 2.75) is 52.3 Å². The average molecular weight is 353 g/mol. The van der Waals surface area contributed by atoms with Crippen LogP contribution in [0.1, 0.15) is 44.0 Å². The number of nitriles is 1. The molecule has 1 saturated carbocycles. The van der Waals surface area contributed by atoms with E-state index in [1.54, 1.807) is 6.20 Å². The molecule has 0 saturated heterocycles. The number of hydrogen-bond acceptors (Lipinski definition) is 8. The number of anilines is 2. The largest absolute Gasteiger partial charge is 0.392 e. The predicted octanol–water partition coefficient (Wildman–Crippen LogP) is 1.88. The highest BCUT2D eigenvalue weighted by molar-refractivity contribution is 5.54. The van der Waals surface area contributed by atoms with Crippen molar-refractivity contribution in [2.24, 2.45) is 5.41 Å². The first-order valence-electron chi connectivity index (χ1n) is 8.69. The maximum Gasteiger partial charge on any atom is 0.224 e. The van der Waals surface area contributed by atoms with Crippen LogP contribution in [0.5, 0.6) is 0 Å². The van der Waals surface area contributed by atoms with Crippen LogP contribution in [0.4, 0.5) is 11.8 Å². The second-order valence-corrected chi connectivity index (χ2v) is 7.04. The third-order valence-electron chi connectivity index (χ3n) is 5.09. The summed E-state index contributed by atoms with van der Waals surface area (Å²) in [5.41, 5.74) is 2.08. The van der Waals surface area contributed by atoms with E-state index in [0.717, 1.165) is 17.7 Å². The molecule has 0 amide bonds. The van der Waals surface area contributed by atoms with Crippen LogP contribution in [0.3, 0.4) is 0 Å². The standard InChI is InChI=1S/C18H23N7O/c1-4-13-12(7-20-10-23-13)9-22-17-21-8-11(6-19)16(25-17)24-14-5-15(26)18(14,2)3/h7-8,10,14-15,26H,4-5,9H2,1-3H3,(H2,21,22,24,25)/t14-,15-/m0/s1. The first-order chi connectivity index (χ1) is 12.5. The Labute approximate surface area is 152 Å². The lowest BCUT2D eigenvalue weighted by Crippen LogP contribution is -2.57. The first kappa shape index (κ1) is 18.0. The summed E-state index contributed by atoms with van der Waals surface area (Å²) in [5.74, 6) is 0.907. The predicted molar refractivity (Wildman–Crippen MR) is 97.3 cm³/mol. The van der Waals surface area contributed by atoms with E-state index >= 15 is 0 Å². The van der Waals surface area contributed by atoms with E-state index in [-0.39, 0.29) is 17.6 Å².